The van der Waals surface area contributed by atoms with Gasteiger partial charge in [-0.2, -0.15) is 0 Å². The molecular formula is C20H37NO3. The standard InChI is InChI=1S/C20H37NO3/c1-15(2)7-8-20(9-11-24-18(12-20)16(3)4)13-19(22)21-14-17-6-5-10-23-17/h15-18H,5-14H2,1-4H3,(H,21,22)/t17-,18+,20+/m0/s1. The highest BCUT2D eigenvalue weighted by atomic mass is 16.5. The van der Waals surface area contributed by atoms with E-state index in [-0.39, 0.29) is 23.5 Å². The quantitative estimate of drug-likeness (QED) is 0.729. The topological polar surface area (TPSA) is 47.6 Å². The van der Waals surface area contributed by atoms with Gasteiger partial charge in [0, 0.05) is 26.2 Å². The third-order valence-corrected chi connectivity index (χ3v) is 5.68. The van der Waals surface area contributed by atoms with Gasteiger partial charge in [0.2, 0.25) is 5.91 Å². The summed E-state index contributed by atoms with van der Waals surface area (Å²) in [5, 5.41) is 3.12. The van der Waals surface area contributed by atoms with Crippen LogP contribution < -0.4 is 5.32 Å². The Balaban J connectivity index is 1.92. The Morgan fingerprint density at radius 1 is 1.21 bits per heavy atom. The highest BCUT2D eigenvalue weighted by molar-refractivity contribution is 5.76. The van der Waals surface area contributed by atoms with Crippen LogP contribution in [-0.2, 0) is 14.3 Å². The van der Waals surface area contributed by atoms with E-state index in [1.807, 2.05) is 0 Å². The van der Waals surface area contributed by atoms with Crippen molar-refractivity contribution in [1.82, 2.24) is 5.32 Å². The van der Waals surface area contributed by atoms with Gasteiger partial charge in [0.15, 0.2) is 0 Å². The molecule has 2 aliphatic heterocycles. The summed E-state index contributed by atoms with van der Waals surface area (Å²) in [5.41, 5.74) is 0.109. The highest BCUT2D eigenvalue weighted by Crippen LogP contribution is 2.43. The molecule has 2 heterocycles. The molecule has 1 amide bonds. The van der Waals surface area contributed by atoms with E-state index in [2.05, 4.69) is 33.0 Å². The van der Waals surface area contributed by atoms with Gasteiger partial charge >= 0.3 is 0 Å². The fourth-order valence-electron chi connectivity index (χ4n) is 3.95. The Labute approximate surface area is 148 Å². The maximum atomic E-state index is 12.6. The average molecular weight is 340 g/mol. The van der Waals surface area contributed by atoms with Crippen LogP contribution in [0.1, 0.15) is 72.6 Å². The van der Waals surface area contributed by atoms with Gasteiger partial charge in [-0.3, -0.25) is 4.79 Å². The average Bonchev–Trinajstić information content (AvgIpc) is 3.05. The predicted molar refractivity (Wildman–Crippen MR) is 96.9 cm³/mol. The van der Waals surface area contributed by atoms with Crippen molar-refractivity contribution in [1.29, 1.82) is 0 Å². The van der Waals surface area contributed by atoms with Crippen molar-refractivity contribution >= 4 is 5.91 Å². The molecule has 0 unspecified atom stereocenters. The van der Waals surface area contributed by atoms with E-state index in [9.17, 15) is 4.79 Å². The van der Waals surface area contributed by atoms with Gasteiger partial charge in [0.1, 0.15) is 0 Å². The molecule has 0 radical (unpaired) electrons. The summed E-state index contributed by atoms with van der Waals surface area (Å²) in [6.07, 6.45) is 7.68. The van der Waals surface area contributed by atoms with E-state index in [4.69, 9.17) is 9.47 Å². The zero-order chi connectivity index (χ0) is 17.6. The lowest BCUT2D eigenvalue weighted by Gasteiger charge is -2.42. The fourth-order valence-corrected chi connectivity index (χ4v) is 3.95. The molecule has 3 atom stereocenters. The van der Waals surface area contributed by atoms with Crippen molar-refractivity contribution in [2.45, 2.75) is 84.8 Å². The minimum atomic E-state index is 0.109. The summed E-state index contributed by atoms with van der Waals surface area (Å²) < 4.78 is 11.6. The van der Waals surface area contributed by atoms with E-state index >= 15 is 0 Å². The molecule has 24 heavy (non-hydrogen) atoms. The summed E-state index contributed by atoms with van der Waals surface area (Å²) in [6, 6.07) is 0. The number of amides is 1. The molecular weight excluding hydrogens is 302 g/mol. The summed E-state index contributed by atoms with van der Waals surface area (Å²) >= 11 is 0. The summed E-state index contributed by atoms with van der Waals surface area (Å²) in [6.45, 7) is 11.3. The Kier molecular flexibility index (Phi) is 7.55. The number of carbonyl (C=O) groups is 1. The van der Waals surface area contributed by atoms with Crippen LogP contribution in [-0.4, -0.2) is 37.9 Å². The van der Waals surface area contributed by atoms with E-state index in [0.29, 0.717) is 24.8 Å². The third-order valence-electron chi connectivity index (χ3n) is 5.68. The maximum Gasteiger partial charge on any atom is 0.220 e. The fraction of sp³-hybridized carbons (Fsp3) is 0.950. The van der Waals surface area contributed by atoms with Crippen molar-refractivity contribution in [3.8, 4) is 0 Å². The third kappa shape index (κ3) is 6.03. The second kappa shape index (κ2) is 9.19. The molecule has 4 heteroatoms. The molecule has 1 N–H and O–H groups in total. The number of hydrogen-bond acceptors (Lipinski definition) is 3. The molecule has 140 valence electrons. The van der Waals surface area contributed by atoms with Gasteiger partial charge in [-0.15, -0.1) is 0 Å². The van der Waals surface area contributed by atoms with Gasteiger partial charge in [0.05, 0.1) is 12.2 Å². The summed E-state index contributed by atoms with van der Waals surface area (Å²) in [4.78, 5) is 12.6. The highest BCUT2D eigenvalue weighted by Gasteiger charge is 2.39. The van der Waals surface area contributed by atoms with Crippen molar-refractivity contribution in [3.63, 3.8) is 0 Å². The molecule has 0 bridgehead atoms. The smallest absolute Gasteiger partial charge is 0.220 e. The van der Waals surface area contributed by atoms with Crippen LogP contribution in [0.5, 0.6) is 0 Å². The lowest BCUT2D eigenvalue weighted by atomic mass is 9.69. The van der Waals surface area contributed by atoms with E-state index in [1.165, 1.54) is 6.42 Å². The van der Waals surface area contributed by atoms with E-state index in [1.54, 1.807) is 0 Å². The zero-order valence-corrected chi connectivity index (χ0v) is 16.1. The normalized spacial score (nSPS) is 30.9. The lowest BCUT2D eigenvalue weighted by Crippen LogP contribution is -2.42. The molecule has 2 rings (SSSR count). The van der Waals surface area contributed by atoms with Crippen LogP contribution in [0.4, 0.5) is 0 Å². The van der Waals surface area contributed by atoms with Gasteiger partial charge in [-0.25, -0.2) is 0 Å². The van der Waals surface area contributed by atoms with Crippen molar-refractivity contribution < 1.29 is 14.3 Å². The first-order valence-corrected chi connectivity index (χ1v) is 9.90. The zero-order valence-electron chi connectivity index (χ0n) is 16.1. The van der Waals surface area contributed by atoms with Crippen molar-refractivity contribution in [2.75, 3.05) is 19.8 Å². The van der Waals surface area contributed by atoms with Crippen LogP contribution in [0.15, 0.2) is 0 Å². The van der Waals surface area contributed by atoms with Gasteiger partial charge in [-0.05, 0) is 49.4 Å². The number of nitrogens with one attached hydrogen (secondary N) is 1. The van der Waals surface area contributed by atoms with E-state index in [0.717, 1.165) is 45.3 Å². The van der Waals surface area contributed by atoms with Crippen molar-refractivity contribution in [3.05, 3.63) is 0 Å². The SMILES string of the molecule is CC(C)CC[C@@]1(CC(=O)NC[C@@H]2CCCO2)CCO[C@@H](C(C)C)C1. The Morgan fingerprint density at radius 2 is 2.00 bits per heavy atom. The molecule has 0 aromatic carbocycles. The van der Waals surface area contributed by atoms with Gasteiger partial charge in [0.25, 0.3) is 0 Å². The molecule has 0 saturated carbocycles. The van der Waals surface area contributed by atoms with Crippen LogP contribution in [0.2, 0.25) is 0 Å². The number of hydrogen-bond donors (Lipinski definition) is 1. The second-order valence-corrected chi connectivity index (χ2v) is 8.66. The lowest BCUT2D eigenvalue weighted by molar-refractivity contribution is -0.129. The van der Waals surface area contributed by atoms with Crippen LogP contribution >= 0.6 is 0 Å². The number of rotatable bonds is 8. The molecule has 0 aromatic rings. The molecule has 4 nitrogen and oxygen atoms in total. The Hall–Kier alpha value is -0.610. The first-order valence-electron chi connectivity index (χ1n) is 9.90. The molecule has 2 fully saturated rings. The minimum Gasteiger partial charge on any atom is -0.378 e. The van der Waals surface area contributed by atoms with Crippen LogP contribution in [0.25, 0.3) is 0 Å². The molecule has 2 aliphatic rings. The Morgan fingerprint density at radius 3 is 2.62 bits per heavy atom. The van der Waals surface area contributed by atoms with Crippen LogP contribution in [0, 0.1) is 17.3 Å². The second-order valence-electron chi connectivity index (χ2n) is 8.66. The largest absolute Gasteiger partial charge is 0.378 e. The number of ether oxygens (including phenoxy) is 2. The maximum absolute atomic E-state index is 12.6. The van der Waals surface area contributed by atoms with Crippen LogP contribution in [0.3, 0.4) is 0 Å². The number of carbonyl (C=O) groups excluding carboxylic acids is 1. The minimum absolute atomic E-state index is 0.109. The molecule has 2 saturated heterocycles. The summed E-state index contributed by atoms with van der Waals surface area (Å²) in [7, 11) is 0. The van der Waals surface area contributed by atoms with Gasteiger partial charge < -0.3 is 14.8 Å². The first kappa shape index (κ1) is 19.7. The molecule has 0 aromatic heterocycles. The monoisotopic (exact) mass is 339 g/mol. The predicted octanol–water partition coefficient (Wildman–Crippen LogP) is 3.93. The van der Waals surface area contributed by atoms with E-state index < -0.39 is 0 Å². The van der Waals surface area contributed by atoms with Gasteiger partial charge in [-0.1, -0.05) is 34.1 Å². The Bertz CT molecular complexity index is 390. The van der Waals surface area contributed by atoms with Crippen molar-refractivity contribution in [2.24, 2.45) is 17.3 Å². The summed E-state index contributed by atoms with van der Waals surface area (Å²) in [5.74, 6) is 1.38. The molecule has 0 aliphatic carbocycles. The first-order chi connectivity index (χ1) is 11.4. The molecule has 0 spiro atoms.